The molecular weight excluding hydrogens is 262 g/mol. The van der Waals surface area contributed by atoms with Crippen molar-refractivity contribution in [3.63, 3.8) is 0 Å². The zero-order valence-corrected chi connectivity index (χ0v) is 12.8. The molecule has 1 amide bonds. The highest BCUT2D eigenvalue weighted by molar-refractivity contribution is 5.94. The maximum Gasteiger partial charge on any atom is 0.255 e. The summed E-state index contributed by atoms with van der Waals surface area (Å²) in [5.74, 6) is 0.550. The predicted octanol–water partition coefficient (Wildman–Crippen LogP) is 2.16. The maximum atomic E-state index is 12.7. The minimum absolute atomic E-state index is 0.102. The molecule has 1 saturated heterocycles. The van der Waals surface area contributed by atoms with E-state index >= 15 is 0 Å². The van der Waals surface area contributed by atoms with Crippen LogP contribution in [0.5, 0.6) is 0 Å². The molecular formula is C17H25N3O. The van der Waals surface area contributed by atoms with E-state index in [0.29, 0.717) is 12.5 Å². The molecule has 4 heteroatoms. The Labute approximate surface area is 126 Å². The van der Waals surface area contributed by atoms with Gasteiger partial charge in [0.15, 0.2) is 0 Å². The van der Waals surface area contributed by atoms with E-state index in [1.165, 1.54) is 24.1 Å². The number of fused-ring (bicyclic) bond motifs is 1. The first kappa shape index (κ1) is 14.5. The topological polar surface area (TPSA) is 59.2 Å². The van der Waals surface area contributed by atoms with Crippen molar-refractivity contribution in [1.82, 2.24) is 9.88 Å². The second-order valence-electron chi connectivity index (χ2n) is 6.46. The molecule has 2 aliphatic rings. The van der Waals surface area contributed by atoms with Crippen LogP contribution in [0.1, 0.15) is 54.2 Å². The molecule has 0 saturated carbocycles. The van der Waals surface area contributed by atoms with Crippen molar-refractivity contribution < 1.29 is 4.79 Å². The summed E-state index contributed by atoms with van der Waals surface area (Å²) in [5, 5.41) is 0. The first-order valence-electron chi connectivity index (χ1n) is 8.21. The highest BCUT2D eigenvalue weighted by atomic mass is 16.2. The summed E-state index contributed by atoms with van der Waals surface area (Å²) in [6.45, 7) is 3.65. The number of rotatable bonds is 3. The molecule has 1 fully saturated rings. The van der Waals surface area contributed by atoms with Crippen LogP contribution in [0.2, 0.25) is 0 Å². The number of nitrogens with zero attached hydrogens (tertiary/aromatic N) is 2. The van der Waals surface area contributed by atoms with Crippen LogP contribution in [-0.4, -0.2) is 34.9 Å². The van der Waals surface area contributed by atoms with Crippen LogP contribution in [0, 0.1) is 5.92 Å². The Bertz CT molecular complexity index is 529. The summed E-state index contributed by atoms with van der Waals surface area (Å²) in [6.07, 6.45) is 8.52. The molecule has 21 heavy (non-hydrogen) atoms. The highest BCUT2D eigenvalue weighted by Gasteiger charge is 2.32. The Hall–Kier alpha value is -1.42. The summed E-state index contributed by atoms with van der Waals surface area (Å²) in [7, 11) is 0. The number of aryl methyl sites for hydroxylation is 2. The van der Waals surface area contributed by atoms with Gasteiger partial charge in [-0.1, -0.05) is 13.3 Å². The lowest BCUT2D eigenvalue weighted by Crippen LogP contribution is -2.32. The van der Waals surface area contributed by atoms with Crippen LogP contribution in [0.4, 0.5) is 0 Å². The lowest BCUT2D eigenvalue weighted by molar-refractivity contribution is 0.0785. The lowest BCUT2D eigenvalue weighted by Gasteiger charge is -2.19. The third-order valence-electron chi connectivity index (χ3n) is 4.85. The van der Waals surface area contributed by atoms with Gasteiger partial charge < -0.3 is 10.6 Å². The summed E-state index contributed by atoms with van der Waals surface area (Å²) in [6, 6.07) is 2.18. The van der Waals surface area contributed by atoms with Crippen molar-refractivity contribution >= 4 is 5.91 Å². The van der Waals surface area contributed by atoms with E-state index in [2.05, 4.69) is 18.0 Å². The van der Waals surface area contributed by atoms with Crippen LogP contribution in [0.15, 0.2) is 12.3 Å². The van der Waals surface area contributed by atoms with Crippen molar-refractivity contribution in [2.75, 3.05) is 13.1 Å². The molecule has 114 valence electrons. The Morgan fingerprint density at radius 1 is 1.38 bits per heavy atom. The molecule has 0 aromatic carbocycles. The van der Waals surface area contributed by atoms with Crippen molar-refractivity contribution in [3.05, 3.63) is 29.1 Å². The summed E-state index contributed by atoms with van der Waals surface area (Å²) < 4.78 is 0. The summed E-state index contributed by atoms with van der Waals surface area (Å²) >= 11 is 0. The van der Waals surface area contributed by atoms with Crippen molar-refractivity contribution in [1.29, 1.82) is 0 Å². The van der Waals surface area contributed by atoms with Gasteiger partial charge in [0.05, 0.1) is 5.56 Å². The maximum absolute atomic E-state index is 12.7. The Morgan fingerprint density at radius 2 is 2.19 bits per heavy atom. The first-order chi connectivity index (χ1) is 10.2. The predicted molar refractivity (Wildman–Crippen MR) is 83.2 cm³/mol. The van der Waals surface area contributed by atoms with Gasteiger partial charge in [-0.3, -0.25) is 9.78 Å². The fourth-order valence-electron chi connectivity index (χ4n) is 3.63. The molecule has 1 aromatic heterocycles. The monoisotopic (exact) mass is 287 g/mol. The summed E-state index contributed by atoms with van der Waals surface area (Å²) in [5.41, 5.74) is 9.35. The van der Waals surface area contributed by atoms with Crippen molar-refractivity contribution in [3.8, 4) is 0 Å². The van der Waals surface area contributed by atoms with E-state index in [-0.39, 0.29) is 11.9 Å². The number of carbonyl (C=O) groups excluding carboxylic acids is 1. The van der Waals surface area contributed by atoms with Gasteiger partial charge in [-0.25, -0.2) is 0 Å². The molecule has 1 aromatic rings. The molecule has 2 atom stereocenters. The smallest absolute Gasteiger partial charge is 0.255 e. The van der Waals surface area contributed by atoms with Gasteiger partial charge in [-0.15, -0.1) is 0 Å². The third-order valence-corrected chi connectivity index (χ3v) is 4.85. The number of likely N-dealkylation sites (tertiary alicyclic amines) is 1. The first-order valence-corrected chi connectivity index (χ1v) is 8.21. The molecule has 2 unspecified atom stereocenters. The van der Waals surface area contributed by atoms with Crippen molar-refractivity contribution in [2.45, 2.75) is 51.5 Å². The van der Waals surface area contributed by atoms with E-state index in [9.17, 15) is 4.79 Å². The van der Waals surface area contributed by atoms with Gasteiger partial charge >= 0.3 is 0 Å². The normalized spacial score (nSPS) is 25.0. The molecule has 0 spiro atoms. The molecule has 1 aliphatic heterocycles. The van der Waals surface area contributed by atoms with Crippen LogP contribution in [0.25, 0.3) is 0 Å². The summed E-state index contributed by atoms with van der Waals surface area (Å²) in [4.78, 5) is 19.1. The van der Waals surface area contributed by atoms with E-state index < -0.39 is 0 Å². The van der Waals surface area contributed by atoms with Gasteiger partial charge in [0.1, 0.15) is 0 Å². The number of hydrogen-bond donors (Lipinski definition) is 1. The van der Waals surface area contributed by atoms with Gasteiger partial charge in [0, 0.05) is 31.0 Å². The molecule has 4 nitrogen and oxygen atoms in total. The Balaban J connectivity index is 1.74. The fraction of sp³-hybridized carbons (Fsp3) is 0.647. The number of aromatic nitrogens is 1. The highest BCUT2D eigenvalue weighted by Crippen LogP contribution is 2.24. The number of amides is 1. The number of nitrogens with two attached hydrogens (primary N) is 1. The van der Waals surface area contributed by atoms with E-state index in [1.54, 1.807) is 6.20 Å². The quantitative estimate of drug-likeness (QED) is 0.926. The number of pyridine rings is 1. The van der Waals surface area contributed by atoms with E-state index in [4.69, 9.17) is 5.73 Å². The number of hydrogen-bond acceptors (Lipinski definition) is 3. The lowest BCUT2D eigenvalue weighted by atomic mass is 9.95. The van der Waals surface area contributed by atoms with Gasteiger partial charge in [-0.05, 0) is 49.7 Å². The SMILES string of the molecule is CCCC1CN(C(=O)c2cnc3c(c2)CCCC3)CC1N. The minimum atomic E-state index is 0.102. The number of carbonyl (C=O) groups is 1. The largest absolute Gasteiger partial charge is 0.337 e. The minimum Gasteiger partial charge on any atom is -0.337 e. The van der Waals surface area contributed by atoms with Crippen LogP contribution in [-0.2, 0) is 12.8 Å². The zero-order valence-electron chi connectivity index (χ0n) is 12.8. The van der Waals surface area contributed by atoms with Crippen LogP contribution < -0.4 is 5.73 Å². The van der Waals surface area contributed by atoms with Gasteiger partial charge in [0.25, 0.3) is 5.91 Å². The molecule has 2 N–H and O–H groups in total. The fourth-order valence-corrected chi connectivity index (χ4v) is 3.63. The molecule has 1 aliphatic carbocycles. The van der Waals surface area contributed by atoms with Crippen molar-refractivity contribution in [2.24, 2.45) is 11.7 Å². The molecule has 2 heterocycles. The van der Waals surface area contributed by atoms with Crippen LogP contribution >= 0.6 is 0 Å². The van der Waals surface area contributed by atoms with E-state index in [1.807, 2.05) is 4.90 Å². The second-order valence-corrected chi connectivity index (χ2v) is 6.46. The van der Waals surface area contributed by atoms with Gasteiger partial charge in [-0.2, -0.15) is 0 Å². The average molecular weight is 287 g/mol. The average Bonchev–Trinajstić information content (AvgIpc) is 2.87. The zero-order chi connectivity index (χ0) is 14.8. The molecule has 0 radical (unpaired) electrons. The van der Waals surface area contributed by atoms with E-state index in [0.717, 1.165) is 37.8 Å². The second kappa shape index (κ2) is 6.14. The standard InChI is InChI=1S/C17H25N3O/c1-2-5-13-10-20(11-15(13)18)17(21)14-8-12-6-3-4-7-16(12)19-9-14/h8-9,13,15H,2-7,10-11,18H2,1H3. The third kappa shape index (κ3) is 2.95. The Morgan fingerprint density at radius 3 is 3.00 bits per heavy atom. The van der Waals surface area contributed by atoms with Gasteiger partial charge in [0.2, 0.25) is 0 Å². The van der Waals surface area contributed by atoms with Crippen LogP contribution in [0.3, 0.4) is 0 Å². The Kier molecular flexibility index (Phi) is 4.24. The molecule has 3 rings (SSSR count). The molecule has 0 bridgehead atoms.